The molecular formula is C12H22N2O. The number of allylic oxidation sites excluding steroid dienone is 2. The van der Waals surface area contributed by atoms with Crippen LogP contribution in [0.1, 0.15) is 20.8 Å². The van der Waals surface area contributed by atoms with Gasteiger partial charge in [0, 0.05) is 25.6 Å². The fourth-order valence-electron chi connectivity index (χ4n) is 0.952. The van der Waals surface area contributed by atoms with Crippen molar-refractivity contribution in [3.63, 3.8) is 0 Å². The minimum absolute atomic E-state index is 0.00868. The summed E-state index contributed by atoms with van der Waals surface area (Å²) in [4.78, 5) is 4.37. The van der Waals surface area contributed by atoms with Crippen molar-refractivity contribution >= 4 is 6.21 Å². The van der Waals surface area contributed by atoms with Crippen LogP contribution < -0.4 is 5.32 Å². The van der Waals surface area contributed by atoms with Crippen molar-refractivity contribution < 1.29 is 4.74 Å². The van der Waals surface area contributed by atoms with E-state index in [9.17, 15) is 0 Å². The predicted octanol–water partition coefficient (Wildman–Crippen LogP) is 2.16. The van der Waals surface area contributed by atoms with Crippen LogP contribution in [0.15, 0.2) is 29.4 Å². The first-order chi connectivity index (χ1) is 6.99. The van der Waals surface area contributed by atoms with Gasteiger partial charge in [-0.25, -0.2) is 0 Å². The first-order valence-electron chi connectivity index (χ1n) is 5.07. The van der Waals surface area contributed by atoms with Gasteiger partial charge in [0.15, 0.2) is 0 Å². The molecule has 0 aliphatic rings. The summed E-state index contributed by atoms with van der Waals surface area (Å²) in [6, 6.07) is 0. The molecule has 0 heterocycles. The van der Waals surface area contributed by atoms with Crippen molar-refractivity contribution in [2.45, 2.75) is 26.3 Å². The summed E-state index contributed by atoms with van der Waals surface area (Å²) in [5, 5.41) is 3.21. The number of ether oxygens (including phenoxy) is 1. The molecule has 0 saturated carbocycles. The van der Waals surface area contributed by atoms with Crippen molar-refractivity contribution in [2.75, 3.05) is 20.3 Å². The van der Waals surface area contributed by atoms with Crippen molar-refractivity contribution in [3.05, 3.63) is 24.4 Å². The van der Waals surface area contributed by atoms with Crippen LogP contribution in [0.5, 0.6) is 0 Å². The summed E-state index contributed by atoms with van der Waals surface area (Å²) in [5.41, 5.74) is 0.999. The average Bonchev–Trinajstić information content (AvgIpc) is 2.11. The van der Waals surface area contributed by atoms with Gasteiger partial charge in [0.1, 0.15) is 0 Å². The molecule has 1 N–H and O–H groups in total. The van der Waals surface area contributed by atoms with E-state index >= 15 is 0 Å². The lowest BCUT2D eigenvalue weighted by Crippen LogP contribution is -2.20. The Labute approximate surface area is 92.9 Å². The summed E-state index contributed by atoms with van der Waals surface area (Å²) >= 11 is 0. The first-order valence-corrected chi connectivity index (χ1v) is 5.07. The molecule has 0 saturated heterocycles. The molecule has 0 aliphatic heterocycles. The maximum atomic E-state index is 5.03. The Bertz CT molecular complexity index is 236. The van der Waals surface area contributed by atoms with Crippen LogP contribution >= 0.6 is 0 Å². The lowest BCUT2D eigenvalue weighted by Gasteiger charge is -2.12. The molecule has 3 nitrogen and oxygen atoms in total. The Hall–Kier alpha value is -1.09. The molecule has 0 aromatic rings. The molecule has 0 amide bonds. The Morgan fingerprint density at radius 2 is 2.13 bits per heavy atom. The summed E-state index contributed by atoms with van der Waals surface area (Å²) in [6.45, 7) is 11.1. The van der Waals surface area contributed by atoms with E-state index < -0.39 is 0 Å². The zero-order valence-corrected chi connectivity index (χ0v) is 10.2. The molecule has 0 bridgehead atoms. The number of hydrogen-bond donors (Lipinski definition) is 1. The Morgan fingerprint density at radius 3 is 2.60 bits per heavy atom. The summed E-state index contributed by atoms with van der Waals surface area (Å²) in [5.74, 6) is 0. The Morgan fingerprint density at radius 1 is 1.47 bits per heavy atom. The van der Waals surface area contributed by atoms with Gasteiger partial charge in [0.25, 0.3) is 0 Å². The van der Waals surface area contributed by atoms with E-state index in [1.54, 1.807) is 13.2 Å². The van der Waals surface area contributed by atoms with Gasteiger partial charge in [0.05, 0.1) is 12.1 Å². The highest BCUT2D eigenvalue weighted by Gasteiger charge is 2.03. The molecule has 15 heavy (non-hydrogen) atoms. The SMILES string of the molecule is C=C/C=C(/COC)NCC=NC(C)(C)C. The van der Waals surface area contributed by atoms with E-state index in [1.807, 2.05) is 12.3 Å². The Kier molecular flexibility index (Phi) is 6.71. The van der Waals surface area contributed by atoms with Crippen molar-refractivity contribution in [2.24, 2.45) is 4.99 Å². The van der Waals surface area contributed by atoms with Crippen LogP contribution in [0.4, 0.5) is 0 Å². The quantitative estimate of drug-likeness (QED) is 0.538. The highest BCUT2D eigenvalue weighted by Crippen LogP contribution is 2.03. The highest BCUT2D eigenvalue weighted by atomic mass is 16.5. The first kappa shape index (κ1) is 13.9. The second-order valence-corrected chi connectivity index (χ2v) is 4.22. The van der Waals surface area contributed by atoms with Crippen molar-refractivity contribution in [3.8, 4) is 0 Å². The third-order valence-corrected chi connectivity index (χ3v) is 1.52. The molecule has 86 valence electrons. The van der Waals surface area contributed by atoms with Crippen LogP contribution in [0.2, 0.25) is 0 Å². The van der Waals surface area contributed by atoms with Gasteiger partial charge >= 0.3 is 0 Å². The van der Waals surface area contributed by atoms with Gasteiger partial charge in [-0.3, -0.25) is 4.99 Å². The van der Waals surface area contributed by atoms with Crippen LogP contribution in [-0.2, 0) is 4.74 Å². The number of hydrogen-bond acceptors (Lipinski definition) is 3. The molecule has 0 rings (SSSR count). The third kappa shape index (κ3) is 9.22. The molecule has 0 aromatic carbocycles. The number of nitrogens with one attached hydrogen (secondary N) is 1. The maximum Gasteiger partial charge on any atom is 0.0858 e. The molecule has 0 atom stereocenters. The van der Waals surface area contributed by atoms with Crippen LogP contribution in [0.3, 0.4) is 0 Å². The smallest absolute Gasteiger partial charge is 0.0858 e. The zero-order valence-electron chi connectivity index (χ0n) is 10.2. The average molecular weight is 210 g/mol. The minimum atomic E-state index is -0.00868. The van der Waals surface area contributed by atoms with E-state index in [2.05, 4.69) is 37.7 Å². The molecule has 0 fully saturated rings. The van der Waals surface area contributed by atoms with E-state index in [0.29, 0.717) is 13.2 Å². The second-order valence-electron chi connectivity index (χ2n) is 4.22. The van der Waals surface area contributed by atoms with Gasteiger partial charge < -0.3 is 10.1 Å². The Balaban J connectivity index is 3.96. The van der Waals surface area contributed by atoms with Crippen molar-refractivity contribution in [1.29, 1.82) is 0 Å². The molecule has 0 radical (unpaired) electrons. The second kappa shape index (κ2) is 7.23. The normalized spacial score (nSPS) is 13.2. The van der Waals surface area contributed by atoms with Gasteiger partial charge in [-0.15, -0.1) is 0 Å². The monoisotopic (exact) mass is 210 g/mol. The fraction of sp³-hybridized carbons (Fsp3) is 0.583. The number of nitrogens with zero attached hydrogens (tertiary/aromatic N) is 1. The van der Waals surface area contributed by atoms with E-state index in [-0.39, 0.29) is 5.54 Å². The summed E-state index contributed by atoms with van der Waals surface area (Å²) in [6.07, 6.45) is 5.52. The molecule has 0 unspecified atom stereocenters. The largest absolute Gasteiger partial charge is 0.381 e. The number of rotatable bonds is 6. The maximum absolute atomic E-state index is 5.03. The molecular weight excluding hydrogens is 188 g/mol. The fourth-order valence-corrected chi connectivity index (χ4v) is 0.952. The summed E-state index contributed by atoms with van der Waals surface area (Å²) < 4.78 is 5.03. The van der Waals surface area contributed by atoms with Gasteiger partial charge in [0.2, 0.25) is 0 Å². The van der Waals surface area contributed by atoms with Crippen LogP contribution in [0, 0.1) is 0 Å². The van der Waals surface area contributed by atoms with Gasteiger partial charge in [-0.05, 0) is 26.8 Å². The van der Waals surface area contributed by atoms with E-state index in [4.69, 9.17) is 4.74 Å². The van der Waals surface area contributed by atoms with Crippen molar-refractivity contribution in [1.82, 2.24) is 5.32 Å². The summed E-state index contributed by atoms with van der Waals surface area (Å²) in [7, 11) is 1.67. The number of methoxy groups -OCH3 is 1. The van der Waals surface area contributed by atoms with Gasteiger partial charge in [-0.2, -0.15) is 0 Å². The zero-order chi connectivity index (χ0) is 11.7. The standard InChI is InChI=1S/C12H22N2O/c1-6-7-11(10-15-5)13-8-9-14-12(2,3)4/h6-7,9,13H,1,8,10H2,2-5H3/b11-7-,14-9?. The predicted molar refractivity (Wildman–Crippen MR) is 66.4 cm³/mol. The molecule has 0 aromatic heterocycles. The van der Waals surface area contributed by atoms with Crippen LogP contribution in [0.25, 0.3) is 0 Å². The minimum Gasteiger partial charge on any atom is -0.381 e. The topological polar surface area (TPSA) is 33.6 Å². The molecule has 0 spiro atoms. The van der Waals surface area contributed by atoms with E-state index in [1.165, 1.54) is 0 Å². The van der Waals surface area contributed by atoms with Crippen LogP contribution in [-0.4, -0.2) is 32.0 Å². The lowest BCUT2D eigenvalue weighted by atomic mass is 10.1. The molecule has 3 heteroatoms. The lowest BCUT2D eigenvalue weighted by molar-refractivity contribution is 0.221. The van der Waals surface area contributed by atoms with E-state index in [0.717, 1.165) is 5.70 Å². The van der Waals surface area contributed by atoms with Gasteiger partial charge in [-0.1, -0.05) is 12.7 Å². The molecule has 0 aliphatic carbocycles. The number of aliphatic imine (C=N–C) groups is 1. The third-order valence-electron chi connectivity index (χ3n) is 1.52. The highest BCUT2D eigenvalue weighted by molar-refractivity contribution is 5.60.